The monoisotopic (exact) mass is 250 g/mol. The molecule has 1 N–H and O–H groups in total. The van der Waals surface area contributed by atoms with Crippen molar-refractivity contribution in [2.24, 2.45) is 0 Å². The lowest BCUT2D eigenvalue weighted by Gasteiger charge is -2.12. The summed E-state index contributed by atoms with van der Waals surface area (Å²) in [5.41, 5.74) is 0.935. The summed E-state index contributed by atoms with van der Waals surface area (Å²) in [5, 5.41) is 10.1. The van der Waals surface area contributed by atoms with Crippen molar-refractivity contribution in [3.05, 3.63) is 29.8 Å². The van der Waals surface area contributed by atoms with Crippen LogP contribution in [0.25, 0.3) is 0 Å². The third-order valence-corrected chi connectivity index (χ3v) is 3.04. The number of aliphatic hydroxyl groups is 1. The molecular weight excluding hydrogens is 228 g/mol. The number of aliphatic hydroxyl groups excluding tert-OH is 1. The second kappa shape index (κ2) is 6.76. The summed E-state index contributed by atoms with van der Waals surface area (Å²) in [5.74, 6) is 0.874. The fourth-order valence-electron chi connectivity index (χ4n) is 1.86. The Morgan fingerprint density at radius 2 is 2.22 bits per heavy atom. The molecule has 2 rings (SSSR count). The molecule has 1 saturated carbocycles. The van der Waals surface area contributed by atoms with Crippen molar-refractivity contribution in [1.82, 2.24) is 0 Å². The van der Waals surface area contributed by atoms with Crippen LogP contribution in [-0.4, -0.2) is 24.4 Å². The van der Waals surface area contributed by atoms with Crippen LogP contribution in [-0.2, 0) is 4.74 Å². The van der Waals surface area contributed by atoms with Gasteiger partial charge in [0.1, 0.15) is 5.75 Å². The van der Waals surface area contributed by atoms with Gasteiger partial charge in [-0.2, -0.15) is 0 Å². The van der Waals surface area contributed by atoms with E-state index in [0.29, 0.717) is 12.7 Å². The molecule has 0 aliphatic heterocycles. The minimum Gasteiger partial charge on any atom is -0.490 e. The third kappa shape index (κ3) is 4.31. The summed E-state index contributed by atoms with van der Waals surface area (Å²) in [6.07, 6.45) is 3.89. The lowest BCUT2D eigenvalue weighted by Crippen LogP contribution is -2.02. The lowest BCUT2D eigenvalue weighted by molar-refractivity contribution is 0.114. The Labute approximate surface area is 109 Å². The van der Waals surface area contributed by atoms with Crippen molar-refractivity contribution < 1.29 is 14.6 Å². The van der Waals surface area contributed by atoms with Gasteiger partial charge >= 0.3 is 0 Å². The fraction of sp³-hybridized carbons (Fsp3) is 0.600. The topological polar surface area (TPSA) is 38.7 Å². The van der Waals surface area contributed by atoms with Crippen molar-refractivity contribution in [3.8, 4) is 5.75 Å². The average Bonchev–Trinajstić information content (AvgIpc) is 3.19. The average molecular weight is 250 g/mol. The maximum Gasteiger partial charge on any atom is 0.120 e. The second-order valence-electron chi connectivity index (χ2n) is 4.74. The highest BCUT2D eigenvalue weighted by molar-refractivity contribution is 5.30. The van der Waals surface area contributed by atoms with Gasteiger partial charge in [0.05, 0.1) is 12.2 Å². The zero-order valence-corrected chi connectivity index (χ0v) is 11.0. The molecule has 0 bridgehead atoms. The van der Waals surface area contributed by atoms with E-state index in [1.165, 1.54) is 0 Å². The van der Waals surface area contributed by atoms with E-state index in [0.717, 1.165) is 43.6 Å². The molecule has 3 heteroatoms. The van der Waals surface area contributed by atoms with Crippen LogP contribution in [0.4, 0.5) is 0 Å². The van der Waals surface area contributed by atoms with Crippen LogP contribution in [0, 0.1) is 0 Å². The third-order valence-electron chi connectivity index (χ3n) is 3.04. The molecule has 0 heterocycles. The van der Waals surface area contributed by atoms with Gasteiger partial charge in [0, 0.05) is 13.2 Å². The number of rotatable bonds is 8. The Kier molecular flexibility index (Phi) is 5.02. The first-order chi connectivity index (χ1) is 8.79. The maximum atomic E-state index is 10.1. The summed E-state index contributed by atoms with van der Waals surface area (Å²) >= 11 is 0. The van der Waals surface area contributed by atoms with Crippen LogP contribution in [0.3, 0.4) is 0 Å². The first-order valence-corrected chi connectivity index (χ1v) is 6.82. The van der Waals surface area contributed by atoms with E-state index in [4.69, 9.17) is 9.47 Å². The molecule has 18 heavy (non-hydrogen) atoms. The molecule has 3 nitrogen and oxygen atoms in total. The minimum atomic E-state index is -0.423. The van der Waals surface area contributed by atoms with Gasteiger partial charge in [-0.25, -0.2) is 0 Å². The molecule has 1 aromatic rings. The number of benzene rings is 1. The molecule has 1 fully saturated rings. The quantitative estimate of drug-likeness (QED) is 0.721. The predicted octanol–water partition coefficient (Wildman–Crippen LogP) is 3.08. The van der Waals surface area contributed by atoms with Crippen LogP contribution in [0.15, 0.2) is 24.3 Å². The summed E-state index contributed by atoms with van der Waals surface area (Å²) in [4.78, 5) is 0. The highest BCUT2D eigenvalue weighted by atomic mass is 16.5. The van der Waals surface area contributed by atoms with Crippen molar-refractivity contribution in [3.63, 3.8) is 0 Å². The SMILES string of the molecule is CCOCCCC(O)c1cccc(OC2CC2)c1. The van der Waals surface area contributed by atoms with Crippen molar-refractivity contribution in [1.29, 1.82) is 0 Å². The molecule has 0 aromatic heterocycles. The minimum absolute atomic E-state index is 0.398. The van der Waals surface area contributed by atoms with Gasteiger partial charge < -0.3 is 14.6 Å². The van der Waals surface area contributed by atoms with Crippen LogP contribution in [0.5, 0.6) is 5.75 Å². The van der Waals surface area contributed by atoms with Gasteiger partial charge in [0.2, 0.25) is 0 Å². The van der Waals surface area contributed by atoms with Crippen LogP contribution in [0.2, 0.25) is 0 Å². The molecular formula is C15H22O3. The van der Waals surface area contributed by atoms with Gasteiger partial charge in [0.25, 0.3) is 0 Å². The Morgan fingerprint density at radius 3 is 2.94 bits per heavy atom. The second-order valence-corrected chi connectivity index (χ2v) is 4.74. The molecule has 0 spiro atoms. The van der Waals surface area contributed by atoms with E-state index >= 15 is 0 Å². The first kappa shape index (κ1) is 13.4. The van der Waals surface area contributed by atoms with E-state index in [1.807, 2.05) is 31.2 Å². The summed E-state index contributed by atoms with van der Waals surface area (Å²) < 4.78 is 11.0. The molecule has 1 aromatic carbocycles. The molecule has 1 aliphatic carbocycles. The summed E-state index contributed by atoms with van der Waals surface area (Å²) in [6.45, 7) is 3.43. The standard InChI is InChI=1S/C15H22O3/c1-2-17-10-4-7-15(16)12-5-3-6-14(11-12)18-13-8-9-13/h3,5-6,11,13,15-16H,2,4,7-10H2,1H3. The van der Waals surface area contributed by atoms with Gasteiger partial charge in [-0.1, -0.05) is 12.1 Å². The molecule has 0 radical (unpaired) electrons. The zero-order chi connectivity index (χ0) is 12.8. The van der Waals surface area contributed by atoms with Crippen LogP contribution >= 0.6 is 0 Å². The Balaban J connectivity index is 1.82. The van der Waals surface area contributed by atoms with E-state index in [1.54, 1.807) is 0 Å². The Bertz CT molecular complexity index is 361. The molecule has 1 unspecified atom stereocenters. The van der Waals surface area contributed by atoms with E-state index in [-0.39, 0.29) is 0 Å². The highest BCUT2D eigenvalue weighted by Gasteiger charge is 2.23. The summed E-state index contributed by atoms with van der Waals surface area (Å²) in [7, 11) is 0. The van der Waals surface area contributed by atoms with E-state index < -0.39 is 6.10 Å². The molecule has 0 amide bonds. The van der Waals surface area contributed by atoms with E-state index in [2.05, 4.69) is 0 Å². The van der Waals surface area contributed by atoms with Gasteiger partial charge in [0.15, 0.2) is 0 Å². The van der Waals surface area contributed by atoms with Gasteiger partial charge in [-0.3, -0.25) is 0 Å². The van der Waals surface area contributed by atoms with Gasteiger partial charge in [-0.15, -0.1) is 0 Å². The lowest BCUT2D eigenvalue weighted by atomic mass is 10.0. The molecule has 1 aliphatic rings. The number of hydrogen-bond donors (Lipinski definition) is 1. The highest BCUT2D eigenvalue weighted by Crippen LogP contribution is 2.29. The van der Waals surface area contributed by atoms with Crippen molar-refractivity contribution >= 4 is 0 Å². The Hall–Kier alpha value is -1.06. The number of ether oxygens (including phenoxy) is 2. The Morgan fingerprint density at radius 1 is 1.39 bits per heavy atom. The van der Waals surface area contributed by atoms with Crippen LogP contribution in [0.1, 0.15) is 44.3 Å². The maximum absolute atomic E-state index is 10.1. The van der Waals surface area contributed by atoms with Gasteiger partial charge in [-0.05, 0) is 50.3 Å². The summed E-state index contributed by atoms with van der Waals surface area (Å²) in [6, 6.07) is 7.79. The fourth-order valence-corrected chi connectivity index (χ4v) is 1.86. The first-order valence-electron chi connectivity index (χ1n) is 6.82. The normalized spacial score (nSPS) is 16.6. The van der Waals surface area contributed by atoms with E-state index in [9.17, 15) is 5.11 Å². The smallest absolute Gasteiger partial charge is 0.120 e. The van der Waals surface area contributed by atoms with Crippen molar-refractivity contribution in [2.45, 2.75) is 44.8 Å². The zero-order valence-electron chi connectivity index (χ0n) is 11.0. The van der Waals surface area contributed by atoms with Crippen molar-refractivity contribution in [2.75, 3.05) is 13.2 Å². The molecule has 0 saturated heterocycles. The molecule has 1 atom stereocenters. The van der Waals surface area contributed by atoms with Crippen LogP contribution < -0.4 is 4.74 Å². The molecule has 100 valence electrons. The predicted molar refractivity (Wildman–Crippen MR) is 70.8 cm³/mol. The largest absolute Gasteiger partial charge is 0.490 e. The number of hydrogen-bond acceptors (Lipinski definition) is 3.